The summed E-state index contributed by atoms with van der Waals surface area (Å²) in [6, 6.07) is 2.20. The fourth-order valence-electron chi connectivity index (χ4n) is 3.65. The minimum absolute atomic E-state index is 0.184. The number of nitrogens with one attached hydrogen (secondary N) is 1. The first-order valence-corrected chi connectivity index (χ1v) is 9.70. The van der Waals surface area contributed by atoms with E-state index in [1.165, 1.54) is 4.90 Å². The van der Waals surface area contributed by atoms with E-state index in [-0.39, 0.29) is 17.8 Å². The Morgan fingerprint density at radius 2 is 2.03 bits per heavy atom. The van der Waals surface area contributed by atoms with Gasteiger partial charge in [0.15, 0.2) is 0 Å². The van der Waals surface area contributed by atoms with Crippen LogP contribution in [0.4, 0.5) is 11.8 Å². The molecule has 9 nitrogen and oxygen atoms in total. The van der Waals surface area contributed by atoms with Crippen molar-refractivity contribution < 1.29 is 4.79 Å². The first-order valence-electron chi connectivity index (χ1n) is 9.70. The van der Waals surface area contributed by atoms with Crippen LogP contribution in [-0.4, -0.2) is 68.5 Å². The highest BCUT2D eigenvalue weighted by molar-refractivity contribution is 5.90. The van der Waals surface area contributed by atoms with Crippen molar-refractivity contribution in [1.29, 1.82) is 0 Å². The van der Waals surface area contributed by atoms with Crippen molar-refractivity contribution in [1.82, 2.24) is 29.4 Å². The summed E-state index contributed by atoms with van der Waals surface area (Å²) < 4.78 is 2.05. The van der Waals surface area contributed by atoms with Gasteiger partial charge in [0, 0.05) is 57.7 Å². The Balaban J connectivity index is 1.55. The molecule has 1 aliphatic heterocycles. The lowest BCUT2D eigenvalue weighted by atomic mass is 10.2. The molecule has 4 heterocycles. The number of hydrogen-bond donors (Lipinski definition) is 1. The molecular formula is C20H26N8O. The molecule has 0 unspecified atom stereocenters. The molecule has 1 amide bonds. The second-order valence-corrected chi connectivity index (χ2v) is 7.72. The van der Waals surface area contributed by atoms with Crippen molar-refractivity contribution in [3.05, 3.63) is 35.5 Å². The van der Waals surface area contributed by atoms with Gasteiger partial charge in [0.2, 0.25) is 11.8 Å². The molecule has 4 rings (SSSR count). The van der Waals surface area contributed by atoms with E-state index in [0.29, 0.717) is 0 Å². The van der Waals surface area contributed by atoms with E-state index >= 15 is 0 Å². The molecule has 0 spiro atoms. The number of amides is 1. The maximum absolute atomic E-state index is 12.4. The molecular weight excluding hydrogens is 368 g/mol. The summed E-state index contributed by atoms with van der Waals surface area (Å²) in [6.07, 6.45) is 4.51. The summed E-state index contributed by atoms with van der Waals surface area (Å²) in [5.74, 6) is 1.73. The fraction of sp³-hybridized carbons (Fsp3) is 0.450. The Bertz CT molecular complexity index is 1070. The van der Waals surface area contributed by atoms with Gasteiger partial charge in [-0.3, -0.25) is 9.78 Å². The number of pyridine rings is 1. The molecule has 0 aliphatic carbocycles. The molecule has 0 bridgehead atoms. The predicted octanol–water partition coefficient (Wildman–Crippen LogP) is 1.77. The maximum atomic E-state index is 12.4. The van der Waals surface area contributed by atoms with Gasteiger partial charge in [-0.05, 0) is 26.3 Å². The van der Waals surface area contributed by atoms with Crippen molar-refractivity contribution in [2.45, 2.75) is 26.3 Å². The Hall–Kier alpha value is -3.23. The van der Waals surface area contributed by atoms with Crippen LogP contribution in [0.15, 0.2) is 18.5 Å². The Kier molecular flexibility index (Phi) is 4.81. The molecule has 9 heteroatoms. The van der Waals surface area contributed by atoms with Crippen molar-refractivity contribution in [3.63, 3.8) is 0 Å². The molecule has 1 atom stereocenters. The van der Waals surface area contributed by atoms with Gasteiger partial charge >= 0.3 is 0 Å². The first-order chi connectivity index (χ1) is 13.8. The van der Waals surface area contributed by atoms with Gasteiger partial charge in [0.05, 0.1) is 11.7 Å². The molecule has 1 aliphatic rings. The second kappa shape index (κ2) is 7.31. The number of rotatable bonds is 4. The highest BCUT2D eigenvalue weighted by atomic mass is 16.2. The number of carbonyl (C=O) groups is 1. The van der Waals surface area contributed by atoms with E-state index in [0.717, 1.165) is 53.6 Å². The number of fused-ring (bicyclic) bond motifs is 1. The predicted molar refractivity (Wildman–Crippen MR) is 112 cm³/mol. The zero-order valence-corrected chi connectivity index (χ0v) is 17.5. The molecule has 0 aromatic carbocycles. The third-order valence-corrected chi connectivity index (χ3v) is 5.47. The Morgan fingerprint density at radius 3 is 2.76 bits per heavy atom. The average molecular weight is 394 g/mol. The van der Waals surface area contributed by atoms with Crippen molar-refractivity contribution >= 4 is 28.7 Å². The van der Waals surface area contributed by atoms with E-state index in [9.17, 15) is 4.79 Å². The number of anilines is 2. The Morgan fingerprint density at radius 1 is 1.24 bits per heavy atom. The van der Waals surface area contributed by atoms with Crippen LogP contribution >= 0.6 is 0 Å². The smallest absolute Gasteiger partial charge is 0.291 e. The molecule has 1 N–H and O–H groups in total. The van der Waals surface area contributed by atoms with Crippen LogP contribution < -0.4 is 10.2 Å². The third kappa shape index (κ3) is 3.48. The summed E-state index contributed by atoms with van der Waals surface area (Å²) in [7, 11) is 5.42. The van der Waals surface area contributed by atoms with Crippen molar-refractivity contribution in [2.24, 2.45) is 7.05 Å². The molecule has 152 valence electrons. The summed E-state index contributed by atoms with van der Waals surface area (Å²) in [6.45, 7) is 5.57. The molecule has 1 fully saturated rings. The van der Waals surface area contributed by atoms with Crippen LogP contribution in [-0.2, 0) is 7.05 Å². The van der Waals surface area contributed by atoms with Crippen LogP contribution in [0.2, 0.25) is 0 Å². The van der Waals surface area contributed by atoms with E-state index in [2.05, 4.69) is 30.2 Å². The van der Waals surface area contributed by atoms with Crippen molar-refractivity contribution in [2.75, 3.05) is 37.4 Å². The zero-order chi connectivity index (χ0) is 20.7. The van der Waals surface area contributed by atoms with E-state index < -0.39 is 0 Å². The number of nitrogens with zero attached hydrogens (tertiary/aromatic N) is 7. The van der Waals surface area contributed by atoms with E-state index in [4.69, 9.17) is 0 Å². The van der Waals surface area contributed by atoms with Gasteiger partial charge in [-0.2, -0.15) is 0 Å². The van der Waals surface area contributed by atoms with Gasteiger partial charge in [0.25, 0.3) is 5.91 Å². The van der Waals surface area contributed by atoms with Gasteiger partial charge in [-0.15, -0.1) is 0 Å². The minimum atomic E-state index is -0.184. The molecule has 29 heavy (non-hydrogen) atoms. The molecule has 0 saturated carbocycles. The molecule has 3 aromatic heterocycles. The lowest BCUT2D eigenvalue weighted by Gasteiger charge is -2.22. The quantitative estimate of drug-likeness (QED) is 0.721. The van der Waals surface area contributed by atoms with E-state index in [1.807, 2.05) is 31.5 Å². The average Bonchev–Trinajstić information content (AvgIpc) is 3.28. The van der Waals surface area contributed by atoms with Gasteiger partial charge in [-0.25, -0.2) is 15.0 Å². The number of imidazole rings is 1. The summed E-state index contributed by atoms with van der Waals surface area (Å²) in [4.78, 5) is 33.9. The van der Waals surface area contributed by atoms with Gasteiger partial charge < -0.3 is 19.7 Å². The zero-order valence-electron chi connectivity index (χ0n) is 17.5. The van der Waals surface area contributed by atoms with Crippen LogP contribution in [0, 0.1) is 13.8 Å². The van der Waals surface area contributed by atoms with Crippen LogP contribution in [0.3, 0.4) is 0 Å². The maximum Gasteiger partial charge on any atom is 0.291 e. The first kappa shape index (κ1) is 19.1. The topological polar surface area (TPSA) is 92.1 Å². The number of aromatic nitrogens is 5. The molecule has 3 aromatic rings. The number of carbonyl (C=O) groups excluding carboxylic acids is 1. The van der Waals surface area contributed by atoms with Crippen molar-refractivity contribution in [3.8, 4) is 0 Å². The standard InChI is InChI=1S/C20H26N8O/c1-12-13(2)22-17(19(29)26(3)4)25-18(12)28-9-7-14(11-28)23-20-24-15-10-21-8-6-16(15)27(20)5/h6,8,10,14H,7,9,11H2,1-5H3,(H,23,24)/t14-/m1/s1. The molecule has 1 saturated heterocycles. The summed E-state index contributed by atoms with van der Waals surface area (Å²) in [5, 5.41) is 3.55. The van der Waals surface area contributed by atoms with Gasteiger partial charge in [-0.1, -0.05) is 0 Å². The number of aryl methyl sites for hydroxylation is 2. The van der Waals surface area contributed by atoms with Gasteiger partial charge in [0.1, 0.15) is 11.3 Å². The lowest BCUT2D eigenvalue weighted by molar-refractivity contribution is 0.0815. The summed E-state index contributed by atoms with van der Waals surface area (Å²) in [5.41, 5.74) is 3.77. The van der Waals surface area contributed by atoms with Crippen LogP contribution in [0.5, 0.6) is 0 Å². The Labute approximate surface area is 169 Å². The van der Waals surface area contributed by atoms with Crippen LogP contribution in [0.1, 0.15) is 28.3 Å². The highest BCUT2D eigenvalue weighted by Crippen LogP contribution is 2.26. The lowest BCUT2D eigenvalue weighted by Crippen LogP contribution is -2.30. The normalized spacial score (nSPS) is 16.4. The van der Waals surface area contributed by atoms with E-state index in [1.54, 1.807) is 26.5 Å². The fourth-order valence-corrected chi connectivity index (χ4v) is 3.65. The molecule has 0 radical (unpaired) electrons. The van der Waals surface area contributed by atoms with Crippen LogP contribution in [0.25, 0.3) is 11.0 Å². The summed E-state index contributed by atoms with van der Waals surface area (Å²) >= 11 is 0. The monoisotopic (exact) mass is 394 g/mol. The largest absolute Gasteiger partial charge is 0.354 e. The number of hydrogen-bond acceptors (Lipinski definition) is 7. The SMILES string of the molecule is Cc1nc(C(=O)N(C)C)nc(N2CC[C@@H](Nc3nc4cnccc4n3C)C2)c1C. The highest BCUT2D eigenvalue weighted by Gasteiger charge is 2.27. The second-order valence-electron chi connectivity index (χ2n) is 7.72. The third-order valence-electron chi connectivity index (χ3n) is 5.47. The minimum Gasteiger partial charge on any atom is -0.354 e.